The molecule has 2 aliphatic heterocycles. The topological polar surface area (TPSA) is 90.0 Å². The summed E-state index contributed by atoms with van der Waals surface area (Å²) in [6, 6.07) is 9.21. The molecule has 2 aliphatic rings. The van der Waals surface area contributed by atoms with Gasteiger partial charge in [-0.25, -0.2) is 9.78 Å². The normalized spacial score (nSPS) is 18.1. The third-order valence-corrected chi connectivity index (χ3v) is 6.06. The lowest BCUT2D eigenvalue weighted by atomic mass is 9.85. The molecule has 0 aliphatic carbocycles. The molecule has 0 saturated carbocycles. The minimum Gasteiger partial charge on any atom is -0.355 e. The van der Waals surface area contributed by atoms with Crippen LogP contribution in [0.2, 0.25) is 0 Å². The Morgan fingerprint density at radius 3 is 2.42 bits per heavy atom. The smallest absolute Gasteiger partial charge is 0.328 e. The van der Waals surface area contributed by atoms with Gasteiger partial charge in [-0.3, -0.25) is 19.5 Å². The number of piperidine rings is 1. The van der Waals surface area contributed by atoms with Crippen molar-refractivity contribution in [1.29, 1.82) is 0 Å². The van der Waals surface area contributed by atoms with Crippen molar-refractivity contribution >= 4 is 23.7 Å². The Balaban J connectivity index is 1.61. The highest BCUT2D eigenvalue weighted by Gasteiger charge is 2.58. The van der Waals surface area contributed by atoms with Crippen molar-refractivity contribution in [3.05, 3.63) is 54.5 Å². The van der Waals surface area contributed by atoms with E-state index >= 15 is 0 Å². The van der Waals surface area contributed by atoms with Gasteiger partial charge in [0.25, 0.3) is 5.91 Å². The van der Waals surface area contributed by atoms with E-state index in [1.165, 1.54) is 4.90 Å². The van der Waals surface area contributed by atoms with Crippen LogP contribution in [0.4, 0.5) is 10.6 Å². The van der Waals surface area contributed by atoms with Gasteiger partial charge in [-0.15, -0.1) is 0 Å². The zero-order chi connectivity index (χ0) is 22.0. The number of rotatable bonds is 5. The number of carbonyl (C=O) groups excluding carboxylic acids is 3. The summed E-state index contributed by atoms with van der Waals surface area (Å²) in [7, 11) is 3.23. The van der Waals surface area contributed by atoms with Crippen LogP contribution in [0.5, 0.6) is 0 Å². The van der Waals surface area contributed by atoms with Crippen molar-refractivity contribution in [2.24, 2.45) is 0 Å². The number of carbonyl (C=O) groups is 3. The first-order valence-electron chi connectivity index (χ1n) is 10.3. The first kappa shape index (κ1) is 20.8. The SMILES string of the molecule is CN(C)C(=O)CN1C(=O)N(Cc2ccccc2)C2(CCN(c3cnccn3)CC2)C1=O. The number of hydrogen-bond donors (Lipinski definition) is 0. The highest BCUT2D eigenvalue weighted by atomic mass is 16.2. The van der Waals surface area contributed by atoms with Crippen LogP contribution in [0.3, 0.4) is 0 Å². The van der Waals surface area contributed by atoms with Gasteiger partial charge in [0, 0.05) is 46.1 Å². The number of urea groups is 1. The Bertz CT molecular complexity index is 958. The lowest BCUT2D eigenvalue weighted by molar-refractivity contribution is -0.139. The average molecular weight is 422 g/mol. The molecule has 0 unspecified atom stereocenters. The van der Waals surface area contributed by atoms with Gasteiger partial charge in [-0.2, -0.15) is 0 Å². The summed E-state index contributed by atoms with van der Waals surface area (Å²) >= 11 is 0. The van der Waals surface area contributed by atoms with Crippen molar-refractivity contribution < 1.29 is 14.4 Å². The number of likely N-dealkylation sites (N-methyl/N-ethyl adjacent to an activating group) is 1. The molecule has 0 atom stereocenters. The van der Waals surface area contributed by atoms with E-state index in [9.17, 15) is 14.4 Å². The quantitative estimate of drug-likeness (QED) is 0.676. The molecule has 162 valence electrons. The summed E-state index contributed by atoms with van der Waals surface area (Å²) in [5.41, 5.74) is -0.0155. The van der Waals surface area contributed by atoms with Gasteiger partial charge in [0.05, 0.1) is 6.20 Å². The molecule has 3 heterocycles. The van der Waals surface area contributed by atoms with Gasteiger partial charge in [0.1, 0.15) is 17.9 Å². The number of aromatic nitrogens is 2. The molecule has 2 fully saturated rings. The molecule has 0 N–H and O–H groups in total. The van der Waals surface area contributed by atoms with Gasteiger partial charge in [-0.1, -0.05) is 30.3 Å². The Kier molecular flexibility index (Phi) is 5.58. The maximum Gasteiger partial charge on any atom is 0.328 e. The van der Waals surface area contributed by atoms with Crippen LogP contribution in [-0.2, 0) is 16.1 Å². The van der Waals surface area contributed by atoms with E-state index in [-0.39, 0.29) is 18.4 Å². The van der Waals surface area contributed by atoms with Crippen molar-refractivity contribution in [2.75, 3.05) is 38.6 Å². The summed E-state index contributed by atoms with van der Waals surface area (Å²) in [6.45, 7) is 1.21. The Labute approximate surface area is 181 Å². The lowest BCUT2D eigenvalue weighted by Crippen LogP contribution is -2.56. The molecule has 2 saturated heterocycles. The van der Waals surface area contributed by atoms with Crippen molar-refractivity contribution in [1.82, 2.24) is 24.7 Å². The molecular weight excluding hydrogens is 396 g/mol. The highest BCUT2D eigenvalue weighted by molar-refractivity contribution is 6.09. The Morgan fingerprint density at radius 1 is 1.10 bits per heavy atom. The van der Waals surface area contributed by atoms with Crippen LogP contribution < -0.4 is 4.90 Å². The lowest BCUT2D eigenvalue weighted by Gasteiger charge is -2.42. The molecule has 1 spiro atoms. The zero-order valence-corrected chi connectivity index (χ0v) is 17.8. The van der Waals surface area contributed by atoms with Crippen LogP contribution in [0.25, 0.3) is 0 Å². The van der Waals surface area contributed by atoms with Crippen molar-refractivity contribution in [3.8, 4) is 0 Å². The van der Waals surface area contributed by atoms with E-state index < -0.39 is 11.6 Å². The van der Waals surface area contributed by atoms with E-state index in [1.54, 1.807) is 37.6 Å². The molecule has 31 heavy (non-hydrogen) atoms. The highest BCUT2D eigenvalue weighted by Crippen LogP contribution is 2.39. The van der Waals surface area contributed by atoms with E-state index in [1.807, 2.05) is 30.3 Å². The molecule has 0 bridgehead atoms. The maximum absolute atomic E-state index is 13.5. The third-order valence-electron chi connectivity index (χ3n) is 6.06. The zero-order valence-electron chi connectivity index (χ0n) is 17.8. The molecule has 0 radical (unpaired) electrons. The standard InChI is InChI=1S/C22H26N6O3/c1-25(2)19(29)16-27-20(30)22(28(21(27)31)15-17-6-4-3-5-7-17)8-12-26(13-9-22)18-14-23-10-11-24-18/h3-7,10-11,14H,8-9,12-13,15-16H2,1-2H3. The van der Waals surface area contributed by atoms with Crippen molar-refractivity contribution in [3.63, 3.8) is 0 Å². The Morgan fingerprint density at radius 2 is 1.81 bits per heavy atom. The first-order valence-corrected chi connectivity index (χ1v) is 10.3. The minimum absolute atomic E-state index is 0.244. The molecule has 9 nitrogen and oxygen atoms in total. The van der Waals surface area contributed by atoms with Gasteiger partial charge >= 0.3 is 6.03 Å². The van der Waals surface area contributed by atoms with Crippen LogP contribution in [0.15, 0.2) is 48.9 Å². The second-order valence-corrected chi connectivity index (χ2v) is 8.12. The molecule has 4 rings (SSSR count). The summed E-state index contributed by atoms with van der Waals surface area (Å²) < 4.78 is 0. The summed E-state index contributed by atoms with van der Waals surface area (Å²) in [6.07, 6.45) is 5.89. The number of hydrogen-bond acceptors (Lipinski definition) is 6. The number of nitrogens with zero attached hydrogens (tertiary/aromatic N) is 6. The monoisotopic (exact) mass is 422 g/mol. The number of benzene rings is 1. The Hall–Kier alpha value is -3.49. The van der Waals surface area contributed by atoms with Crippen LogP contribution in [0.1, 0.15) is 18.4 Å². The predicted octanol–water partition coefficient (Wildman–Crippen LogP) is 1.37. The second-order valence-electron chi connectivity index (χ2n) is 8.12. The fourth-order valence-electron chi connectivity index (χ4n) is 4.23. The van der Waals surface area contributed by atoms with Gasteiger partial charge < -0.3 is 14.7 Å². The van der Waals surface area contributed by atoms with Gasteiger partial charge in [0.15, 0.2) is 0 Å². The van der Waals surface area contributed by atoms with E-state index in [4.69, 9.17) is 0 Å². The molecule has 4 amide bonds. The molecule has 9 heteroatoms. The molecule has 1 aromatic heterocycles. The van der Waals surface area contributed by atoms with Gasteiger partial charge in [-0.05, 0) is 18.4 Å². The summed E-state index contributed by atoms with van der Waals surface area (Å²) in [5, 5.41) is 0. The number of amides is 4. The predicted molar refractivity (Wildman–Crippen MR) is 114 cm³/mol. The van der Waals surface area contributed by atoms with Crippen LogP contribution in [-0.4, -0.2) is 81.8 Å². The van der Waals surface area contributed by atoms with E-state index in [2.05, 4.69) is 14.9 Å². The van der Waals surface area contributed by atoms with Crippen LogP contribution >= 0.6 is 0 Å². The van der Waals surface area contributed by atoms with Crippen LogP contribution in [0, 0.1) is 0 Å². The third kappa shape index (κ3) is 3.83. The number of anilines is 1. The van der Waals surface area contributed by atoms with E-state index in [0.29, 0.717) is 32.5 Å². The maximum atomic E-state index is 13.5. The fraction of sp³-hybridized carbons (Fsp3) is 0.409. The second kappa shape index (κ2) is 8.33. The van der Waals surface area contributed by atoms with Crippen molar-refractivity contribution in [2.45, 2.75) is 24.9 Å². The summed E-state index contributed by atoms with van der Waals surface area (Å²) in [5.74, 6) is 0.182. The largest absolute Gasteiger partial charge is 0.355 e. The average Bonchev–Trinajstić information content (AvgIpc) is 2.97. The minimum atomic E-state index is -0.960. The van der Waals surface area contributed by atoms with E-state index in [0.717, 1.165) is 16.3 Å². The molecule has 1 aromatic carbocycles. The first-order chi connectivity index (χ1) is 14.9. The molecular formula is C22H26N6O3. The fourth-order valence-corrected chi connectivity index (χ4v) is 4.23. The summed E-state index contributed by atoms with van der Waals surface area (Å²) in [4.78, 5) is 53.9. The molecule has 2 aromatic rings. The number of imide groups is 1. The van der Waals surface area contributed by atoms with Gasteiger partial charge in [0.2, 0.25) is 5.91 Å².